The smallest absolute Gasteiger partial charge is 0.343 e. The number of rotatable bonds is 3. The Balaban J connectivity index is 1.96. The summed E-state index contributed by atoms with van der Waals surface area (Å²) >= 11 is 0. The first-order valence-corrected chi connectivity index (χ1v) is 7.18. The molecule has 24 heavy (non-hydrogen) atoms. The van der Waals surface area contributed by atoms with Crippen LogP contribution in [-0.4, -0.2) is 47.4 Å². The van der Waals surface area contributed by atoms with Crippen molar-refractivity contribution >= 4 is 28.5 Å². The fraction of sp³-hybridized carbons (Fsp3) is 0.143. The van der Waals surface area contributed by atoms with Crippen molar-refractivity contribution in [3.05, 3.63) is 36.0 Å². The van der Waals surface area contributed by atoms with Crippen LogP contribution in [0.2, 0.25) is 0 Å². The molecule has 0 spiro atoms. The normalized spacial score (nSPS) is 11.2. The van der Waals surface area contributed by atoms with Gasteiger partial charge in [-0.2, -0.15) is 14.3 Å². The Kier molecular flexibility index (Phi) is 3.08. The van der Waals surface area contributed by atoms with Crippen LogP contribution in [0.15, 0.2) is 30.5 Å². The van der Waals surface area contributed by atoms with Gasteiger partial charge in [-0.1, -0.05) is 12.1 Å². The van der Waals surface area contributed by atoms with Gasteiger partial charge in [0.1, 0.15) is 11.4 Å². The minimum absolute atomic E-state index is 0.112. The summed E-state index contributed by atoms with van der Waals surface area (Å²) in [5.74, 6) is -0.106. The average Bonchev–Trinajstić information content (AvgIpc) is 3.21. The second-order valence-corrected chi connectivity index (χ2v) is 4.91. The van der Waals surface area contributed by atoms with Gasteiger partial charge in [0.25, 0.3) is 0 Å². The lowest BCUT2D eigenvalue weighted by Gasteiger charge is -2.07. The molecule has 1 aromatic carbocycles. The van der Waals surface area contributed by atoms with E-state index in [1.807, 2.05) is 24.3 Å². The number of carbonyl (C=O) groups excluding carboxylic acids is 1. The highest BCUT2D eigenvalue weighted by Gasteiger charge is 2.21. The first-order valence-electron chi connectivity index (χ1n) is 7.18. The Morgan fingerprint density at radius 3 is 3.00 bits per heavy atom. The van der Waals surface area contributed by atoms with E-state index < -0.39 is 5.97 Å². The van der Waals surface area contributed by atoms with E-state index in [9.17, 15) is 4.79 Å². The summed E-state index contributed by atoms with van der Waals surface area (Å²) in [6, 6.07) is 7.40. The van der Waals surface area contributed by atoms with Crippen molar-refractivity contribution in [2.45, 2.75) is 6.92 Å². The third kappa shape index (κ3) is 1.96. The lowest BCUT2D eigenvalue weighted by Crippen LogP contribution is -2.11. The van der Waals surface area contributed by atoms with Gasteiger partial charge in [-0.3, -0.25) is 0 Å². The number of esters is 1. The van der Waals surface area contributed by atoms with Crippen LogP contribution in [-0.2, 0) is 4.74 Å². The molecule has 3 heterocycles. The molecule has 10 nitrogen and oxygen atoms in total. The predicted octanol–water partition coefficient (Wildman–Crippen LogP) is 0.617. The summed E-state index contributed by atoms with van der Waals surface area (Å²) in [6.07, 6.45) is 1.34. The summed E-state index contributed by atoms with van der Waals surface area (Å²) in [5.41, 5.74) is 8.00. The maximum Gasteiger partial charge on any atom is 0.343 e. The van der Waals surface area contributed by atoms with E-state index in [4.69, 9.17) is 10.5 Å². The van der Waals surface area contributed by atoms with E-state index >= 15 is 0 Å². The van der Waals surface area contributed by atoms with E-state index in [0.29, 0.717) is 17.0 Å². The summed E-state index contributed by atoms with van der Waals surface area (Å²) in [7, 11) is 0. The van der Waals surface area contributed by atoms with Crippen LogP contribution in [0.1, 0.15) is 17.3 Å². The van der Waals surface area contributed by atoms with Crippen LogP contribution < -0.4 is 5.73 Å². The second-order valence-electron chi connectivity index (χ2n) is 4.91. The summed E-state index contributed by atoms with van der Waals surface area (Å²) in [4.78, 5) is 16.4. The Labute approximate surface area is 134 Å². The molecule has 0 aliphatic heterocycles. The number of nitrogen functional groups attached to an aromatic ring is 1. The van der Waals surface area contributed by atoms with Crippen molar-refractivity contribution in [3.63, 3.8) is 0 Å². The van der Waals surface area contributed by atoms with Gasteiger partial charge in [-0.15, -0.1) is 5.10 Å². The Morgan fingerprint density at radius 2 is 2.17 bits per heavy atom. The zero-order valence-electron chi connectivity index (χ0n) is 12.6. The molecule has 0 fully saturated rings. The molecular formula is C14H12N8O2. The van der Waals surface area contributed by atoms with Gasteiger partial charge in [0.15, 0.2) is 0 Å². The summed E-state index contributed by atoms with van der Waals surface area (Å²) in [5, 5.41) is 15.8. The maximum absolute atomic E-state index is 11.9. The fourth-order valence-corrected chi connectivity index (χ4v) is 2.43. The van der Waals surface area contributed by atoms with Gasteiger partial charge in [0.2, 0.25) is 11.5 Å². The molecule has 0 saturated carbocycles. The molecule has 120 valence electrons. The van der Waals surface area contributed by atoms with Crippen molar-refractivity contribution < 1.29 is 9.53 Å². The zero-order valence-corrected chi connectivity index (χ0v) is 12.6. The highest BCUT2D eigenvalue weighted by molar-refractivity contribution is 5.94. The number of anilines is 1. The first-order chi connectivity index (χ1) is 11.7. The Hall–Kier alpha value is -3.56. The van der Waals surface area contributed by atoms with Crippen molar-refractivity contribution in [2.24, 2.45) is 0 Å². The molecule has 0 radical (unpaired) electrons. The molecule has 0 unspecified atom stereocenters. The number of carbonyl (C=O) groups is 1. The van der Waals surface area contributed by atoms with Gasteiger partial charge in [-0.05, 0) is 29.5 Å². The van der Waals surface area contributed by atoms with Crippen molar-refractivity contribution in [1.82, 2.24) is 34.8 Å². The van der Waals surface area contributed by atoms with Gasteiger partial charge >= 0.3 is 5.97 Å². The van der Waals surface area contributed by atoms with Gasteiger partial charge in [0.05, 0.1) is 23.8 Å². The molecule has 3 aromatic heterocycles. The number of nitrogens with zero attached hydrogens (tertiary/aromatic N) is 7. The van der Waals surface area contributed by atoms with Crippen molar-refractivity contribution in [3.8, 4) is 5.82 Å². The van der Waals surface area contributed by atoms with Crippen LogP contribution in [0.5, 0.6) is 0 Å². The molecule has 0 bridgehead atoms. The number of nitrogens with two attached hydrogens (primary N) is 1. The molecule has 0 atom stereocenters. The first kappa shape index (κ1) is 14.1. The average molecular weight is 324 g/mol. The third-order valence-corrected chi connectivity index (χ3v) is 3.51. The number of tetrazole rings is 1. The van der Waals surface area contributed by atoms with Gasteiger partial charge < -0.3 is 10.5 Å². The van der Waals surface area contributed by atoms with Crippen LogP contribution in [0, 0.1) is 0 Å². The van der Waals surface area contributed by atoms with Gasteiger partial charge in [-0.25, -0.2) is 9.78 Å². The largest absolute Gasteiger partial charge is 0.462 e. The quantitative estimate of drug-likeness (QED) is 0.543. The van der Waals surface area contributed by atoms with Crippen LogP contribution in [0.3, 0.4) is 0 Å². The van der Waals surface area contributed by atoms with E-state index in [0.717, 1.165) is 5.52 Å². The Bertz CT molecular complexity index is 1070. The molecular weight excluding hydrogens is 312 g/mol. The number of hydrogen-bond acceptors (Lipinski definition) is 8. The molecule has 0 aliphatic rings. The van der Waals surface area contributed by atoms with E-state index in [2.05, 4.69) is 25.6 Å². The highest BCUT2D eigenvalue weighted by Crippen LogP contribution is 2.22. The molecule has 0 aliphatic carbocycles. The lowest BCUT2D eigenvalue weighted by atomic mass is 10.3. The number of para-hydroxylation sites is 2. The highest BCUT2D eigenvalue weighted by atomic mass is 16.5. The van der Waals surface area contributed by atoms with Crippen LogP contribution in [0.4, 0.5) is 5.82 Å². The van der Waals surface area contributed by atoms with Crippen LogP contribution in [0.25, 0.3) is 22.5 Å². The fourth-order valence-electron chi connectivity index (χ4n) is 2.43. The molecule has 4 aromatic rings. The molecule has 4 rings (SSSR count). The standard InChI is InChI=1S/C14H12N8O2/c1-2-24-14(23)8-7-16-22(11(8)15)12-13-18-19-20-21(13)10-6-4-3-5-9(10)17-12/h3-7H,2,15H2,1H3. The van der Waals surface area contributed by atoms with Crippen molar-refractivity contribution in [2.75, 3.05) is 12.3 Å². The van der Waals surface area contributed by atoms with E-state index in [-0.39, 0.29) is 18.0 Å². The molecule has 0 saturated heterocycles. The second kappa shape index (κ2) is 5.26. The van der Waals surface area contributed by atoms with Crippen molar-refractivity contribution in [1.29, 1.82) is 0 Å². The minimum atomic E-state index is -0.544. The summed E-state index contributed by atoms with van der Waals surface area (Å²) in [6.45, 7) is 1.96. The summed E-state index contributed by atoms with van der Waals surface area (Å²) < 4.78 is 7.83. The van der Waals surface area contributed by atoms with E-state index in [1.54, 1.807) is 11.4 Å². The molecule has 0 amide bonds. The number of aromatic nitrogens is 7. The zero-order chi connectivity index (χ0) is 16.7. The maximum atomic E-state index is 11.9. The molecule has 10 heteroatoms. The number of hydrogen-bond donors (Lipinski definition) is 1. The predicted molar refractivity (Wildman–Crippen MR) is 83.6 cm³/mol. The Morgan fingerprint density at radius 1 is 1.33 bits per heavy atom. The number of ether oxygens (including phenoxy) is 1. The topological polar surface area (TPSA) is 126 Å². The van der Waals surface area contributed by atoms with Gasteiger partial charge in [0, 0.05) is 0 Å². The SMILES string of the molecule is CCOC(=O)c1cnn(-c2nc3ccccc3n3nnnc23)c1N. The minimum Gasteiger partial charge on any atom is -0.462 e. The number of fused-ring (bicyclic) bond motifs is 3. The van der Waals surface area contributed by atoms with Crippen LogP contribution >= 0.6 is 0 Å². The monoisotopic (exact) mass is 324 g/mol. The van der Waals surface area contributed by atoms with E-state index in [1.165, 1.54) is 10.9 Å². The number of benzene rings is 1. The third-order valence-electron chi connectivity index (χ3n) is 3.51. The molecule has 2 N–H and O–H groups in total. The lowest BCUT2D eigenvalue weighted by molar-refractivity contribution is 0.0527.